The molecule has 0 amide bonds. The van der Waals surface area contributed by atoms with Crippen LogP contribution in [-0.4, -0.2) is 0 Å². The van der Waals surface area contributed by atoms with Crippen LogP contribution in [-0.2, 0) is 32.7 Å². The summed E-state index contributed by atoms with van der Waals surface area (Å²) in [5.41, 5.74) is 9.50. The number of fused-ring (bicyclic) bond motifs is 3. The summed E-state index contributed by atoms with van der Waals surface area (Å²) < 4.78 is 0. The molecule has 1 radical (unpaired) electrons. The van der Waals surface area contributed by atoms with Crippen molar-refractivity contribution >= 4 is 32.3 Å². The molecule has 0 aliphatic rings. The molecule has 0 nitrogen and oxygen atoms in total. The molecule has 0 saturated heterocycles. The summed E-state index contributed by atoms with van der Waals surface area (Å²) in [6.45, 7) is 0. The van der Waals surface area contributed by atoms with E-state index in [1.54, 1.807) is 0 Å². The summed E-state index contributed by atoms with van der Waals surface area (Å²) in [5, 5.41) is 7.60. The Morgan fingerprint density at radius 3 is 1.56 bits per heavy atom. The van der Waals surface area contributed by atoms with Crippen molar-refractivity contribution in [3.8, 4) is 44.5 Å². The molecule has 0 N–H and O–H groups in total. The smallest absolute Gasteiger partial charge is 0 e. The van der Waals surface area contributed by atoms with Crippen LogP contribution in [0.25, 0.3) is 76.8 Å². The van der Waals surface area contributed by atoms with Gasteiger partial charge in [-0.2, -0.15) is 36.4 Å². The molecule has 0 aliphatic carbocycles. The van der Waals surface area contributed by atoms with E-state index in [1.165, 1.54) is 60.1 Å². The van der Waals surface area contributed by atoms with Gasteiger partial charge in [-0.05, 0) is 54.6 Å². The Morgan fingerprint density at radius 1 is 0.349 bits per heavy atom. The van der Waals surface area contributed by atoms with Crippen molar-refractivity contribution in [3.05, 3.63) is 170 Å². The van der Waals surface area contributed by atoms with Gasteiger partial charge in [-0.1, -0.05) is 121 Å². The molecule has 0 bridgehead atoms. The number of hydrogen-bond donors (Lipinski definition) is 0. The van der Waals surface area contributed by atoms with Gasteiger partial charge < -0.3 is 0 Å². The fraction of sp³-hybridized carbons (Fsp3) is 0. The SMILES string of the molecule is [Y].[c-]1ccccc1-c1[c-]cccc1-c1ccc(-c2c3ccccc3c(-c3cccc4ccccc34)c3ccccc23)cc1. The van der Waals surface area contributed by atoms with Crippen LogP contribution in [0.5, 0.6) is 0 Å². The monoisotopic (exact) mass is 619 g/mol. The first-order chi connectivity index (χ1) is 20.9. The van der Waals surface area contributed by atoms with Crippen molar-refractivity contribution in [2.75, 3.05) is 0 Å². The topological polar surface area (TPSA) is 0 Å². The van der Waals surface area contributed by atoms with Gasteiger partial charge >= 0.3 is 0 Å². The minimum absolute atomic E-state index is 0. The molecule has 43 heavy (non-hydrogen) atoms. The summed E-state index contributed by atoms with van der Waals surface area (Å²) in [5.74, 6) is 0. The van der Waals surface area contributed by atoms with Crippen LogP contribution < -0.4 is 0 Å². The molecule has 8 aromatic carbocycles. The zero-order valence-electron chi connectivity index (χ0n) is 23.6. The average Bonchev–Trinajstić information content (AvgIpc) is 3.07. The van der Waals surface area contributed by atoms with Gasteiger partial charge in [0.15, 0.2) is 0 Å². The first-order valence-corrected chi connectivity index (χ1v) is 14.4. The van der Waals surface area contributed by atoms with E-state index in [4.69, 9.17) is 0 Å². The normalized spacial score (nSPS) is 11.1. The van der Waals surface area contributed by atoms with E-state index in [0.717, 1.165) is 16.7 Å². The first-order valence-electron chi connectivity index (χ1n) is 14.4. The molecule has 0 heterocycles. The molecule has 1 heteroatoms. The standard InChI is InChI=1S/C42H26.Y/c1-2-13-29(14-3-1)33-17-6-7-18-34(33)31-25-27-32(28-26-31)41-37-20-8-10-22-39(37)42(40-23-11-9-21-38(40)41)36-24-12-16-30-15-4-5-19-35(30)36;/h1-13,15-16,18-28H;/q-2;. The molecule has 0 unspecified atom stereocenters. The maximum Gasteiger partial charge on any atom is 0 e. The van der Waals surface area contributed by atoms with E-state index in [0.29, 0.717) is 0 Å². The van der Waals surface area contributed by atoms with Gasteiger partial charge in [-0.25, -0.2) is 11.1 Å². The number of hydrogen-bond acceptors (Lipinski definition) is 0. The summed E-state index contributed by atoms with van der Waals surface area (Å²) in [4.78, 5) is 0. The molecule has 0 atom stereocenters. The first kappa shape index (κ1) is 27.5. The molecule has 0 saturated carbocycles. The van der Waals surface area contributed by atoms with Crippen LogP contribution in [0, 0.1) is 12.1 Å². The quantitative estimate of drug-likeness (QED) is 0.136. The van der Waals surface area contributed by atoms with Crippen molar-refractivity contribution in [1.82, 2.24) is 0 Å². The van der Waals surface area contributed by atoms with Crippen molar-refractivity contribution in [3.63, 3.8) is 0 Å². The molecule has 8 rings (SSSR count). The van der Waals surface area contributed by atoms with Crippen molar-refractivity contribution in [2.24, 2.45) is 0 Å². The summed E-state index contributed by atoms with van der Waals surface area (Å²) >= 11 is 0. The summed E-state index contributed by atoms with van der Waals surface area (Å²) in [7, 11) is 0. The third-order valence-electron chi connectivity index (χ3n) is 8.31. The van der Waals surface area contributed by atoms with Gasteiger partial charge in [0.2, 0.25) is 0 Å². The Balaban J connectivity index is 0.00000300. The van der Waals surface area contributed by atoms with Gasteiger partial charge in [0.1, 0.15) is 0 Å². The Bertz CT molecular complexity index is 2170. The molecular weight excluding hydrogens is 593 g/mol. The molecule has 8 aromatic rings. The largest absolute Gasteiger partial charge is 0.226 e. The van der Waals surface area contributed by atoms with Gasteiger partial charge in [0.25, 0.3) is 0 Å². The van der Waals surface area contributed by atoms with Crippen molar-refractivity contribution < 1.29 is 32.7 Å². The second kappa shape index (κ2) is 11.7. The van der Waals surface area contributed by atoms with Crippen LogP contribution in [0.4, 0.5) is 0 Å². The van der Waals surface area contributed by atoms with E-state index >= 15 is 0 Å². The third-order valence-corrected chi connectivity index (χ3v) is 8.31. The number of benzene rings is 8. The Labute approximate surface area is 277 Å². The maximum atomic E-state index is 3.45. The molecule has 199 valence electrons. The van der Waals surface area contributed by atoms with E-state index in [9.17, 15) is 0 Å². The molecule has 0 aromatic heterocycles. The van der Waals surface area contributed by atoms with Gasteiger partial charge in [0, 0.05) is 32.7 Å². The van der Waals surface area contributed by atoms with Crippen molar-refractivity contribution in [2.45, 2.75) is 0 Å². The van der Waals surface area contributed by atoms with Crippen LogP contribution in [0.2, 0.25) is 0 Å². The van der Waals surface area contributed by atoms with E-state index < -0.39 is 0 Å². The minimum atomic E-state index is 0. The molecule has 0 aliphatic heterocycles. The third kappa shape index (κ3) is 4.82. The van der Waals surface area contributed by atoms with E-state index in [1.807, 2.05) is 18.2 Å². The second-order valence-corrected chi connectivity index (χ2v) is 10.7. The van der Waals surface area contributed by atoms with Gasteiger partial charge in [0.05, 0.1) is 0 Å². The van der Waals surface area contributed by atoms with Crippen LogP contribution in [0.3, 0.4) is 0 Å². The summed E-state index contributed by atoms with van der Waals surface area (Å²) in [6, 6.07) is 63.2. The predicted octanol–water partition coefficient (Wildman–Crippen LogP) is 11.4. The molecule has 0 spiro atoms. The Hall–Kier alpha value is -4.36. The van der Waals surface area contributed by atoms with Gasteiger partial charge in [-0.3, -0.25) is 0 Å². The predicted molar refractivity (Wildman–Crippen MR) is 178 cm³/mol. The Morgan fingerprint density at radius 2 is 0.884 bits per heavy atom. The van der Waals surface area contributed by atoms with E-state index in [-0.39, 0.29) is 32.7 Å². The fourth-order valence-electron chi connectivity index (χ4n) is 6.44. The zero-order valence-corrected chi connectivity index (χ0v) is 26.4. The van der Waals surface area contributed by atoms with Crippen LogP contribution >= 0.6 is 0 Å². The molecule has 0 fully saturated rings. The zero-order chi connectivity index (χ0) is 27.9. The minimum Gasteiger partial charge on any atom is -0.226 e. The second-order valence-electron chi connectivity index (χ2n) is 10.7. The number of rotatable bonds is 4. The van der Waals surface area contributed by atoms with Gasteiger partial charge in [-0.15, -0.1) is 23.8 Å². The van der Waals surface area contributed by atoms with Crippen LogP contribution in [0.1, 0.15) is 0 Å². The van der Waals surface area contributed by atoms with Crippen LogP contribution in [0.15, 0.2) is 158 Å². The maximum absolute atomic E-state index is 3.45. The Kier molecular flexibility index (Phi) is 7.50. The molecular formula is C42H26Y-2. The fourth-order valence-corrected chi connectivity index (χ4v) is 6.44. The summed E-state index contributed by atoms with van der Waals surface area (Å²) in [6.07, 6.45) is 0. The average molecular weight is 620 g/mol. The van der Waals surface area contributed by atoms with Crippen molar-refractivity contribution in [1.29, 1.82) is 0 Å². The van der Waals surface area contributed by atoms with E-state index in [2.05, 4.69) is 152 Å².